The molecule has 0 saturated carbocycles. The fourth-order valence-corrected chi connectivity index (χ4v) is 8.32. The van der Waals surface area contributed by atoms with Crippen molar-refractivity contribution in [3.8, 4) is 0 Å². The summed E-state index contributed by atoms with van der Waals surface area (Å²) in [6.45, 7) is 9.52. The van der Waals surface area contributed by atoms with Crippen LogP contribution in [0.4, 0.5) is 0 Å². The van der Waals surface area contributed by atoms with Gasteiger partial charge < -0.3 is 0 Å². The van der Waals surface area contributed by atoms with E-state index in [0.717, 1.165) is 0 Å². The summed E-state index contributed by atoms with van der Waals surface area (Å²) in [6, 6.07) is 0. The topological polar surface area (TPSA) is 0 Å². The molecule has 0 aromatic carbocycles. The molecule has 0 N–H and O–H groups in total. The standard InChI is InChI=1S/C19H43P/c1-5-9-12-15-18-20(8-4,17-14-11-7-3)19-16-13-10-6-2/h20H,5-19H2,1-4H3. The zero-order valence-electron chi connectivity index (χ0n) is 15.1. The SMILES string of the molecule is CCCCCC[PH](CC)(CCCCC)CCCCCC. The van der Waals surface area contributed by atoms with Gasteiger partial charge in [-0.05, 0) is 0 Å². The van der Waals surface area contributed by atoms with Gasteiger partial charge in [-0.25, -0.2) is 0 Å². The molecule has 1 heteroatoms. The first-order valence-electron chi connectivity index (χ1n) is 9.74. The molecule has 0 rings (SSSR count). The quantitative estimate of drug-likeness (QED) is 0.223. The van der Waals surface area contributed by atoms with Crippen molar-refractivity contribution in [3.05, 3.63) is 0 Å². The first-order valence-corrected chi connectivity index (χ1v) is 12.6. The second-order valence-corrected chi connectivity index (χ2v) is 12.1. The predicted molar refractivity (Wildman–Crippen MR) is 101 cm³/mol. The predicted octanol–water partition coefficient (Wildman–Crippen LogP) is 7.11. The minimum atomic E-state index is -0.907. The number of hydrogen-bond donors (Lipinski definition) is 0. The Morgan fingerprint density at radius 1 is 0.450 bits per heavy atom. The minimum absolute atomic E-state index is 0.907. The average molecular weight is 303 g/mol. The number of hydrogen-bond acceptors (Lipinski definition) is 0. The molecule has 0 aliphatic carbocycles. The third-order valence-corrected chi connectivity index (χ3v) is 10.9. The van der Waals surface area contributed by atoms with E-state index in [-0.39, 0.29) is 0 Å². The van der Waals surface area contributed by atoms with E-state index in [9.17, 15) is 0 Å². The Morgan fingerprint density at radius 3 is 1.15 bits per heavy atom. The molecule has 0 nitrogen and oxygen atoms in total. The molecule has 20 heavy (non-hydrogen) atoms. The molecule has 0 radical (unpaired) electrons. The molecule has 124 valence electrons. The van der Waals surface area contributed by atoms with Gasteiger partial charge in [-0.3, -0.25) is 0 Å². The van der Waals surface area contributed by atoms with Crippen LogP contribution in [-0.2, 0) is 0 Å². The van der Waals surface area contributed by atoms with Gasteiger partial charge in [0.2, 0.25) is 0 Å². The van der Waals surface area contributed by atoms with E-state index < -0.39 is 7.26 Å². The van der Waals surface area contributed by atoms with Crippen LogP contribution in [0.15, 0.2) is 0 Å². The summed E-state index contributed by atoms with van der Waals surface area (Å²) in [5.41, 5.74) is 0. The van der Waals surface area contributed by atoms with Gasteiger partial charge in [0.1, 0.15) is 0 Å². The zero-order valence-corrected chi connectivity index (χ0v) is 16.1. The van der Waals surface area contributed by atoms with Crippen molar-refractivity contribution in [3.63, 3.8) is 0 Å². The van der Waals surface area contributed by atoms with Gasteiger partial charge in [-0.1, -0.05) is 0 Å². The Kier molecular flexibility index (Phi) is 14.7. The zero-order chi connectivity index (χ0) is 15.1. The van der Waals surface area contributed by atoms with Crippen LogP contribution >= 0.6 is 7.26 Å². The van der Waals surface area contributed by atoms with Gasteiger partial charge in [-0.15, -0.1) is 0 Å². The molecule has 0 spiro atoms. The van der Waals surface area contributed by atoms with Crippen LogP contribution in [0.1, 0.15) is 98.3 Å². The Morgan fingerprint density at radius 2 is 0.800 bits per heavy atom. The van der Waals surface area contributed by atoms with Gasteiger partial charge in [0.05, 0.1) is 0 Å². The molecule has 0 aromatic rings. The van der Waals surface area contributed by atoms with Crippen LogP contribution in [0.25, 0.3) is 0 Å². The summed E-state index contributed by atoms with van der Waals surface area (Å²) in [7, 11) is -0.907. The van der Waals surface area contributed by atoms with Gasteiger partial charge >= 0.3 is 130 Å². The number of rotatable bonds is 15. The Labute approximate surface area is 130 Å². The molecule has 0 fully saturated rings. The van der Waals surface area contributed by atoms with Crippen molar-refractivity contribution >= 4 is 7.26 Å². The molecular weight excluding hydrogens is 259 g/mol. The number of unbranched alkanes of at least 4 members (excludes halogenated alkanes) is 8. The van der Waals surface area contributed by atoms with Crippen LogP contribution in [0.3, 0.4) is 0 Å². The van der Waals surface area contributed by atoms with Crippen molar-refractivity contribution in [2.75, 3.05) is 24.6 Å². The molecule has 0 unspecified atom stereocenters. The summed E-state index contributed by atoms with van der Waals surface area (Å²) in [4.78, 5) is 0. The van der Waals surface area contributed by atoms with Gasteiger partial charge in [0.25, 0.3) is 0 Å². The van der Waals surface area contributed by atoms with Crippen LogP contribution < -0.4 is 0 Å². The fourth-order valence-electron chi connectivity index (χ4n) is 3.51. The summed E-state index contributed by atoms with van der Waals surface area (Å²) in [6.07, 6.45) is 22.6. The Hall–Kier alpha value is 0.430. The second kappa shape index (κ2) is 14.4. The molecule has 0 amide bonds. The van der Waals surface area contributed by atoms with Crippen molar-refractivity contribution in [1.29, 1.82) is 0 Å². The summed E-state index contributed by atoms with van der Waals surface area (Å²) >= 11 is 0. The average Bonchev–Trinajstić information content (AvgIpc) is 2.47. The molecule has 0 saturated heterocycles. The van der Waals surface area contributed by atoms with Crippen LogP contribution in [0.5, 0.6) is 0 Å². The Bertz CT molecular complexity index is 176. The van der Waals surface area contributed by atoms with Crippen LogP contribution in [0.2, 0.25) is 0 Å². The monoisotopic (exact) mass is 302 g/mol. The molecule has 0 atom stereocenters. The van der Waals surface area contributed by atoms with Gasteiger partial charge in [0.15, 0.2) is 0 Å². The van der Waals surface area contributed by atoms with Crippen molar-refractivity contribution < 1.29 is 0 Å². The van der Waals surface area contributed by atoms with E-state index in [1.807, 2.05) is 0 Å². The Balaban J connectivity index is 4.20. The second-order valence-electron chi connectivity index (χ2n) is 6.93. The molecule has 0 aliphatic rings. The third-order valence-electron chi connectivity index (χ3n) is 5.18. The first kappa shape index (κ1) is 20.4. The maximum absolute atomic E-state index is 2.51. The van der Waals surface area contributed by atoms with E-state index in [0.29, 0.717) is 0 Å². The normalized spacial score (nSPS) is 12.8. The molecule has 0 bridgehead atoms. The van der Waals surface area contributed by atoms with E-state index in [1.54, 1.807) is 24.6 Å². The third kappa shape index (κ3) is 10.2. The summed E-state index contributed by atoms with van der Waals surface area (Å²) in [5.74, 6) is 0. The molecular formula is C19H43P. The van der Waals surface area contributed by atoms with Crippen molar-refractivity contribution in [2.45, 2.75) is 98.3 Å². The van der Waals surface area contributed by atoms with Crippen molar-refractivity contribution in [2.24, 2.45) is 0 Å². The maximum atomic E-state index is 2.51. The van der Waals surface area contributed by atoms with E-state index in [2.05, 4.69) is 27.7 Å². The van der Waals surface area contributed by atoms with Gasteiger partial charge in [0, 0.05) is 0 Å². The molecule has 0 aromatic heterocycles. The van der Waals surface area contributed by atoms with E-state index in [4.69, 9.17) is 0 Å². The first-order chi connectivity index (χ1) is 9.74. The molecule has 0 heterocycles. The van der Waals surface area contributed by atoms with Crippen molar-refractivity contribution in [1.82, 2.24) is 0 Å². The van der Waals surface area contributed by atoms with Crippen LogP contribution in [-0.4, -0.2) is 24.6 Å². The fraction of sp³-hybridized carbons (Fsp3) is 1.00. The van der Waals surface area contributed by atoms with Crippen LogP contribution in [0, 0.1) is 0 Å². The van der Waals surface area contributed by atoms with E-state index >= 15 is 0 Å². The molecule has 0 aliphatic heterocycles. The summed E-state index contributed by atoms with van der Waals surface area (Å²) < 4.78 is 0. The van der Waals surface area contributed by atoms with E-state index in [1.165, 1.54) is 70.6 Å². The van der Waals surface area contributed by atoms with Gasteiger partial charge in [-0.2, -0.15) is 0 Å². The summed E-state index contributed by atoms with van der Waals surface area (Å²) in [5, 5.41) is 0.